The van der Waals surface area contributed by atoms with Gasteiger partial charge in [-0.1, -0.05) is 18.2 Å². The SMILES string of the molecule is CC(=O)Nc1ccc(Nc2ncnc(N3CCc4ccccc43)c2[N+](=O)[O-])cc1. The number of carbonyl (C=O) groups excluding carboxylic acids is 1. The molecule has 0 radical (unpaired) electrons. The van der Waals surface area contributed by atoms with Gasteiger partial charge in [0.25, 0.3) is 0 Å². The van der Waals surface area contributed by atoms with Crippen molar-refractivity contribution in [2.24, 2.45) is 0 Å². The van der Waals surface area contributed by atoms with Crippen molar-refractivity contribution >= 4 is 40.3 Å². The molecule has 2 aromatic carbocycles. The second-order valence-corrected chi connectivity index (χ2v) is 6.57. The normalized spacial score (nSPS) is 12.4. The Bertz CT molecular complexity index is 1080. The van der Waals surface area contributed by atoms with Crippen LogP contribution in [0.25, 0.3) is 0 Å². The summed E-state index contributed by atoms with van der Waals surface area (Å²) < 4.78 is 0. The molecule has 3 aromatic rings. The van der Waals surface area contributed by atoms with Crippen LogP contribution in [0.1, 0.15) is 12.5 Å². The molecule has 0 fully saturated rings. The molecule has 0 unspecified atom stereocenters. The number of hydrogen-bond donors (Lipinski definition) is 2. The second kappa shape index (κ2) is 7.55. The highest BCUT2D eigenvalue weighted by molar-refractivity contribution is 5.89. The van der Waals surface area contributed by atoms with Gasteiger partial charge in [-0.3, -0.25) is 14.9 Å². The van der Waals surface area contributed by atoms with E-state index in [-0.39, 0.29) is 23.2 Å². The number of amides is 1. The molecule has 0 bridgehead atoms. The van der Waals surface area contributed by atoms with Crippen molar-refractivity contribution in [1.29, 1.82) is 0 Å². The van der Waals surface area contributed by atoms with Crippen molar-refractivity contribution in [3.8, 4) is 0 Å². The number of nitrogens with zero attached hydrogens (tertiary/aromatic N) is 4. The number of fused-ring (bicyclic) bond motifs is 1. The zero-order valence-corrected chi connectivity index (χ0v) is 15.6. The first-order valence-electron chi connectivity index (χ1n) is 9.02. The molecular formula is C20H18N6O3. The Kier molecular flexibility index (Phi) is 4.78. The third-order valence-corrected chi connectivity index (χ3v) is 4.60. The lowest BCUT2D eigenvalue weighted by molar-refractivity contribution is -0.383. The maximum Gasteiger partial charge on any atom is 0.354 e. The van der Waals surface area contributed by atoms with Crippen molar-refractivity contribution in [1.82, 2.24) is 9.97 Å². The minimum Gasteiger partial charge on any atom is -0.334 e. The van der Waals surface area contributed by atoms with Crippen LogP contribution >= 0.6 is 0 Å². The van der Waals surface area contributed by atoms with E-state index in [1.165, 1.54) is 13.3 Å². The molecule has 1 aliphatic rings. The number of hydrogen-bond acceptors (Lipinski definition) is 7. The van der Waals surface area contributed by atoms with Gasteiger partial charge in [-0.2, -0.15) is 0 Å². The third kappa shape index (κ3) is 3.70. The summed E-state index contributed by atoms with van der Waals surface area (Å²) in [5, 5.41) is 17.6. The van der Waals surface area contributed by atoms with E-state index in [9.17, 15) is 14.9 Å². The fourth-order valence-corrected chi connectivity index (χ4v) is 3.36. The molecule has 0 saturated carbocycles. The molecule has 0 spiro atoms. The number of benzene rings is 2. The van der Waals surface area contributed by atoms with Gasteiger partial charge >= 0.3 is 5.69 Å². The molecule has 29 heavy (non-hydrogen) atoms. The molecule has 4 rings (SSSR count). The van der Waals surface area contributed by atoms with E-state index < -0.39 is 4.92 Å². The van der Waals surface area contributed by atoms with E-state index >= 15 is 0 Å². The lowest BCUT2D eigenvalue weighted by atomic mass is 10.2. The van der Waals surface area contributed by atoms with Crippen LogP contribution in [0.3, 0.4) is 0 Å². The van der Waals surface area contributed by atoms with E-state index in [2.05, 4.69) is 20.6 Å². The van der Waals surface area contributed by atoms with Gasteiger partial charge in [0.1, 0.15) is 6.33 Å². The lowest BCUT2D eigenvalue weighted by Crippen LogP contribution is -2.17. The first-order chi connectivity index (χ1) is 14.0. The van der Waals surface area contributed by atoms with Gasteiger partial charge < -0.3 is 15.5 Å². The van der Waals surface area contributed by atoms with Crippen molar-refractivity contribution in [2.75, 3.05) is 22.1 Å². The topological polar surface area (TPSA) is 113 Å². The van der Waals surface area contributed by atoms with Gasteiger partial charge in [0.2, 0.25) is 17.5 Å². The molecule has 146 valence electrons. The van der Waals surface area contributed by atoms with Crippen LogP contribution in [-0.2, 0) is 11.2 Å². The average Bonchev–Trinajstić information content (AvgIpc) is 3.13. The Labute approximate surface area is 166 Å². The number of para-hydroxylation sites is 1. The Morgan fingerprint density at radius 2 is 1.83 bits per heavy atom. The molecule has 0 saturated heterocycles. The average molecular weight is 390 g/mol. The van der Waals surface area contributed by atoms with Crippen LogP contribution in [0.15, 0.2) is 54.9 Å². The summed E-state index contributed by atoms with van der Waals surface area (Å²) in [6, 6.07) is 14.6. The van der Waals surface area contributed by atoms with E-state index in [4.69, 9.17) is 0 Å². The van der Waals surface area contributed by atoms with Crippen molar-refractivity contribution < 1.29 is 9.72 Å². The standard InChI is InChI=1S/C20H18N6O3/c1-13(27)23-15-6-8-16(9-7-15)24-19-18(26(28)29)20(22-12-21-19)25-11-10-14-4-2-3-5-17(14)25/h2-9,12H,10-11H2,1H3,(H,23,27)(H,21,22,24). The molecule has 2 heterocycles. The van der Waals surface area contributed by atoms with Crippen molar-refractivity contribution in [3.63, 3.8) is 0 Å². The maximum absolute atomic E-state index is 11.9. The molecule has 9 nitrogen and oxygen atoms in total. The van der Waals surface area contributed by atoms with Gasteiger partial charge in [0, 0.05) is 30.5 Å². The van der Waals surface area contributed by atoms with Gasteiger partial charge in [-0.15, -0.1) is 0 Å². The minimum absolute atomic E-state index is 0.108. The Morgan fingerprint density at radius 1 is 1.10 bits per heavy atom. The predicted octanol–water partition coefficient (Wildman–Crippen LogP) is 3.78. The Balaban J connectivity index is 1.68. The highest BCUT2D eigenvalue weighted by atomic mass is 16.6. The fourth-order valence-electron chi connectivity index (χ4n) is 3.36. The van der Waals surface area contributed by atoms with Gasteiger partial charge in [0.15, 0.2) is 0 Å². The van der Waals surface area contributed by atoms with Crippen LogP contribution in [-0.4, -0.2) is 27.3 Å². The zero-order valence-electron chi connectivity index (χ0n) is 15.6. The Morgan fingerprint density at radius 3 is 2.55 bits per heavy atom. The quantitative estimate of drug-likeness (QED) is 0.503. The molecular weight excluding hydrogens is 372 g/mol. The lowest BCUT2D eigenvalue weighted by Gasteiger charge is -2.19. The van der Waals surface area contributed by atoms with E-state index in [1.807, 2.05) is 29.2 Å². The summed E-state index contributed by atoms with van der Waals surface area (Å²) in [5.74, 6) is 0.191. The molecule has 0 atom stereocenters. The van der Waals surface area contributed by atoms with Gasteiger partial charge in [-0.25, -0.2) is 9.97 Å². The van der Waals surface area contributed by atoms with E-state index in [0.717, 1.165) is 17.7 Å². The second-order valence-electron chi connectivity index (χ2n) is 6.57. The number of nitrogens with one attached hydrogen (secondary N) is 2. The highest BCUT2D eigenvalue weighted by Crippen LogP contribution is 2.40. The van der Waals surface area contributed by atoms with Crippen molar-refractivity contribution in [3.05, 3.63) is 70.5 Å². The first kappa shape index (κ1) is 18.4. The Hall–Kier alpha value is -4.01. The summed E-state index contributed by atoms with van der Waals surface area (Å²) in [5.41, 5.74) is 3.10. The number of nitro groups is 1. The van der Waals surface area contributed by atoms with Gasteiger partial charge in [-0.05, 0) is 42.3 Å². The summed E-state index contributed by atoms with van der Waals surface area (Å²) in [7, 11) is 0. The summed E-state index contributed by atoms with van der Waals surface area (Å²) in [6.45, 7) is 2.04. The number of aromatic nitrogens is 2. The summed E-state index contributed by atoms with van der Waals surface area (Å²) in [4.78, 5) is 32.7. The van der Waals surface area contributed by atoms with E-state index in [0.29, 0.717) is 17.9 Å². The monoisotopic (exact) mass is 390 g/mol. The molecule has 0 aliphatic carbocycles. The number of carbonyl (C=O) groups is 1. The molecule has 2 N–H and O–H groups in total. The largest absolute Gasteiger partial charge is 0.354 e. The van der Waals surface area contributed by atoms with Crippen LogP contribution in [0.5, 0.6) is 0 Å². The highest BCUT2D eigenvalue weighted by Gasteiger charge is 2.31. The molecule has 1 aromatic heterocycles. The van der Waals surface area contributed by atoms with Gasteiger partial charge in [0.05, 0.1) is 4.92 Å². The minimum atomic E-state index is -0.468. The number of rotatable bonds is 5. The first-order valence-corrected chi connectivity index (χ1v) is 9.02. The van der Waals surface area contributed by atoms with Crippen molar-refractivity contribution in [2.45, 2.75) is 13.3 Å². The third-order valence-electron chi connectivity index (χ3n) is 4.60. The van der Waals surface area contributed by atoms with Crippen LogP contribution < -0.4 is 15.5 Å². The number of anilines is 5. The van der Waals surface area contributed by atoms with E-state index in [1.54, 1.807) is 24.3 Å². The zero-order chi connectivity index (χ0) is 20.4. The molecule has 9 heteroatoms. The fraction of sp³-hybridized carbons (Fsp3) is 0.150. The summed E-state index contributed by atoms with van der Waals surface area (Å²) >= 11 is 0. The van der Waals surface area contributed by atoms with Crippen LogP contribution in [0.4, 0.5) is 34.4 Å². The van der Waals surface area contributed by atoms with Crippen LogP contribution in [0, 0.1) is 10.1 Å². The molecule has 1 aliphatic heterocycles. The predicted molar refractivity (Wildman–Crippen MR) is 110 cm³/mol. The molecule has 1 amide bonds. The maximum atomic E-state index is 11.9. The van der Waals surface area contributed by atoms with Crippen LogP contribution in [0.2, 0.25) is 0 Å². The summed E-state index contributed by atoms with van der Waals surface area (Å²) in [6.07, 6.45) is 2.11. The smallest absolute Gasteiger partial charge is 0.334 e.